The summed E-state index contributed by atoms with van der Waals surface area (Å²) in [5.74, 6) is 0.217. The Balaban J connectivity index is 2.15. The van der Waals surface area contributed by atoms with Crippen LogP contribution in [0.3, 0.4) is 0 Å². The third-order valence-corrected chi connectivity index (χ3v) is 4.57. The highest BCUT2D eigenvalue weighted by molar-refractivity contribution is 7.77. The maximum Gasteiger partial charge on any atom is 0.232 e. The van der Waals surface area contributed by atoms with Gasteiger partial charge in [-0.25, -0.2) is 13.3 Å². The van der Waals surface area contributed by atoms with E-state index in [2.05, 4.69) is 10.8 Å². The molecule has 1 unspecified atom stereocenters. The van der Waals surface area contributed by atoms with E-state index in [1.807, 2.05) is 0 Å². The van der Waals surface area contributed by atoms with Gasteiger partial charge >= 0.3 is 0 Å². The molecule has 0 radical (unpaired) electrons. The van der Waals surface area contributed by atoms with E-state index in [0.717, 1.165) is 16.7 Å². The first-order valence-electron chi connectivity index (χ1n) is 7.89. The van der Waals surface area contributed by atoms with Crippen LogP contribution in [0.5, 0.6) is 5.75 Å². The van der Waals surface area contributed by atoms with Gasteiger partial charge in [0.15, 0.2) is 0 Å². The average molecular weight is 372 g/mol. The molecule has 0 aliphatic carbocycles. The fraction of sp³-hybridized carbons (Fsp3) is 0.211. The molecule has 2 aromatic rings. The second kappa shape index (κ2) is 7.00. The van der Waals surface area contributed by atoms with Gasteiger partial charge in [0.1, 0.15) is 17.2 Å². The van der Waals surface area contributed by atoms with Crippen molar-refractivity contribution in [1.29, 1.82) is 5.26 Å². The largest absolute Gasteiger partial charge is 0.482 e. The van der Waals surface area contributed by atoms with Crippen molar-refractivity contribution in [2.45, 2.75) is 26.0 Å². The fourth-order valence-corrected chi connectivity index (χ4v) is 3.27. The number of ether oxygens (including phenoxy) is 1. The number of nitriles is 1. The molecule has 5 nitrogen and oxygen atoms in total. The minimum Gasteiger partial charge on any atom is -0.482 e. The normalized spacial score (nSPS) is 16.4. The zero-order chi connectivity index (χ0) is 18.9. The molecule has 1 atom stereocenters. The highest BCUT2D eigenvalue weighted by atomic mass is 32.2. The molecule has 134 valence electrons. The summed E-state index contributed by atoms with van der Waals surface area (Å²) in [6.45, 7) is 3.79. The van der Waals surface area contributed by atoms with E-state index in [-0.39, 0.29) is 12.4 Å². The minimum atomic E-state index is -2.11. The third kappa shape index (κ3) is 3.53. The van der Waals surface area contributed by atoms with Crippen LogP contribution in [-0.4, -0.2) is 14.4 Å². The van der Waals surface area contributed by atoms with Crippen molar-refractivity contribution in [2.24, 2.45) is 0 Å². The second-order valence-electron chi connectivity index (χ2n) is 6.38. The topological polar surface area (TPSA) is 82.3 Å². The van der Waals surface area contributed by atoms with Crippen molar-refractivity contribution in [2.75, 3.05) is 0 Å². The number of hydrogen-bond donors (Lipinski definition) is 2. The van der Waals surface area contributed by atoms with Gasteiger partial charge in [-0.3, -0.25) is 4.55 Å². The van der Waals surface area contributed by atoms with Crippen molar-refractivity contribution < 1.29 is 17.9 Å². The minimum absolute atomic E-state index is 0.195. The quantitative estimate of drug-likeness (QED) is 0.804. The predicted molar refractivity (Wildman–Crippen MR) is 96.8 cm³/mol. The van der Waals surface area contributed by atoms with Crippen molar-refractivity contribution in [1.82, 2.24) is 4.72 Å². The lowest BCUT2D eigenvalue weighted by Crippen LogP contribution is -2.34. The number of hydrogen-bond acceptors (Lipinski definition) is 3. The highest BCUT2D eigenvalue weighted by Gasteiger charge is 2.36. The van der Waals surface area contributed by atoms with Crippen LogP contribution in [0.25, 0.3) is 5.57 Å². The van der Waals surface area contributed by atoms with Crippen LogP contribution in [-0.2, 0) is 17.8 Å². The Morgan fingerprint density at radius 1 is 1.27 bits per heavy atom. The first-order valence-corrected chi connectivity index (χ1v) is 9.00. The van der Waals surface area contributed by atoms with E-state index in [9.17, 15) is 13.9 Å². The van der Waals surface area contributed by atoms with Gasteiger partial charge in [0.2, 0.25) is 11.3 Å². The first kappa shape index (κ1) is 18.3. The average Bonchev–Trinajstić information content (AvgIpc) is 2.58. The SMILES string of the molecule is CC1(C)Oc2cc(CNS(=O)O)ccc2C(c2ccc(F)cc2)=C1C#N. The zero-order valence-electron chi connectivity index (χ0n) is 14.2. The molecule has 26 heavy (non-hydrogen) atoms. The molecule has 1 aliphatic heterocycles. The first-order chi connectivity index (χ1) is 12.3. The van der Waals surface area contributed by atoms with E-state index in [0.29, 0.717) is 16.9 Å². The molecule has 7 heteroatoms. The number of nitrogens with one attached hydrogen (secondary N) is 1. The monoisotopic (exact) mass is 372 g/mol. The molecule has 3 rings (SSSR count). The van der Waals surface area contributed by atoms with Gasteiger partial charge < -0.3 is 4.74 Å². The number of nitrogens with zero attached hydrogens (tertiary/aromatic N) is 1. The van der Waals surface area contributed by atoms with Crippen molar-refractivity contribution in [3.63, 3.8) is 0 Å². The summed E-state index contributed by atoms with van der Waals surface area (Å²) in [6.07, 6.45) is 0. The summed E-state index contributed by atoms with van der Waals surface area (Å²) in [5.41, 5.74) is 2.50. The molecule has 2 N–H and O–H groups in total. The van der Waals surface area contributed by atoms with Gasteiger partial charge in [-0.2, -0.15) is 5.26 Å². The fourth-order valence-electron chi connectivity index (χ4n) is 2.98. The molecular weight excluding hydrogens is 355 g/mol. The lowest BCUT2D eigenvalue weighted by molar-refractivity contribution is 0.149. The molecule has 1 aliphatic rings. The molecule has 2 aromatic carbocycles. The van der Waals surface area contributed by atoms with Gasteiger partial charge in [0.05, 0.1) is 11.6 Å². The lowest BCUT2D eigenvalue weighted by atomic mass is 9.83. The highest BCUT2D eigenvalue weighted by Crippen LogP contribution is 2.44. The smallest absolute Gasteiger partial charge is 0.232 e. The molecular formula is C19H17FN2O3S. The Morgan fingerprint density at radius 3 is 2.58 bits per heavy atom. The molecule has 0 saturated carbocycles. The van der Waals surface area contributed by atoms with Crippen LogP contribution in [0.4, 0.5) is 4.39 Å². The van der Waals surface area contributed by atoms with Crippen molar-refractivity contribution in [3.05, 3.63) is 70.5 Å². The molecule has 1 heterocycles. The lowest BCUT2D eigenvalue weighted by Gasteiger charge is -2.34. The molecule has 0 amide bonds. The Morgan fingerprint density at radius 2 is 1.96 bits per heavy atom. The predicted octanol–water partition coefficient (Wildman–Crippen LogP) is 3.55. The van der Waals surface area contributed by atoms with Gasteiger partial charge in [0, 0.05) is 17.7 Å². The van der Waals surface area contributed by atoms with Crippen LogP contribution in [0.2, 0.25) is 0 Å². The Labute approximate surface area is 153 Å². The maximum absolute atomic E-state index is 13.3. The molecule has 0 bridgehead atoms. The maximum atomic E-state index is 13.3. The van der Waals surface area contributed by atoms with Gasteiger partial charge in [-0.1, -0.05) is 24.3 Å². The summed E-state index contributed by atoms with van der Waals surface area (Å²) >= 11 is -2.11. The van der Waals surface area contributed by atoms with E-state index in [1.165, 1.54) is 12.1 Å². The van der Waals surface area contributed by atoms with E-state index in [1.54, 1.807) is 44.2 Å². The van der Waals surface area contributed by atoms with Crippen LogP contribution in [0.15, 0.2) is 48.0 Å². The van der Waals surface area contributed by atoms with Gasteiger partial charge in [0.25, 0.3) is 0 Å². The Hall–Kier alpha value is -2.53. The molecule has 0 spiro atoms. The second-order valence-corrected chi connectivity index (χ2v) is 7.17. The van der Waals surface area contributed by atoms with E-state index in [4.69, 9.17) is 9.29 Å². The van der Waals surface area contributed by atoms with Crippen molar-refractivity contribution >= 4 is 16.8 Å². The standard InChI is InChI=1S/C19H17FN2O3S/c1-19(2)16(10-21)18(13-4-6-14(20)7-5-13)15-8-3-12(9-17(15)25-19)11-22-26(23)24/h3-9,22H,11H2,1-2H3,(H,23,24). The molecule has 0 fully saturated rings. The molecule has 0 aromatic heterocycles. The number of halogens is 1. The Bertz CT molecular complexity index is 946. The zero-order valence-corrected chi connectivity index (χ0v) is 15.1. The third-order valence-electron chi connectivity index (χ3n) is 4.18. The Kier molecular flexibility index (Phi) is 4.92. The summed E-state index contributed by atoms with van der Waals surface area (Å²) < 4.78 is 41.5. The summed E-state index contributed by atoms with van der Waals surface area (Å²) in [7, 11) is 0. The van der Waals surface area contributed by atoms with Crippen LogP contribution in [0.1, 0.15) is 30.5 Å². The van der Waals surface area contributed by atoms with Gasteiger partial charge in [-0.15, -0.1) is 0 Å². The van der Waals surface area contributed by atoms with Crippen LogP contribution in [0, 0.1) is 17.1 Å². The number of benzene rings is 2. The van der Waals surface area contributed by atoms with Crippen LogP contribution >= 0.6 is 0 Å². The van der Waals surface area contributed by atoms with Gasteiger partial charge in [-0.05, 0) is 43.2 Å². The van der Waals surface area contributed by atoms with E-state index < -0.39 is 16.9 Å². The summed E-state index contributed by atoms with van der Waals surface area (Å²) in [5, 5.41) is 9.70. The molecule has 0 saturated heterocycles. The summed E-state index contributed by atoms with van der Waals surface area (Å²) in [6, 6.07) is 13.6. The van der Waals surface area contributed by atoms with E-state index >= 15 is 0 Å². The number of fused-ring (bicyclic) bond motifs is 1. The summed E-state index contributed by atoms with van der Waals surface area (Å²) in [4.78, 5) is 0. The van der Waals surface area contributed by atoms with Crippen LogP contribution < -0.4 is 9.46 Å². The number of rotatable bonds is 4. The van der Waals surface area contributed by atoms with Crippen molar-refractivity contribution in [3.8, 4) is 11.8 Å².